The quantitative estimate of drug-likeness (QED) is 0.759. The van der Waals surface area contributed by atoms with Gasteiger partial charge in [-0.25, -0.2) is 4.79 Å². The van der Waals surface area contributed by atoms with Crippen molar-refractivity contribution in [3.63, 3.8) is 0 Å². The number of rotatable bonds is 5. The van der Waals surface area contributed by atoms with Crippen molar-refractivity contribution in [3.05, 3.63) is 0 Å². The van der Waals surface area contributed by atoms with Crippen LogP contribution >= 0.6 is 0 Å². The summed E-state index contributed by atoms with van der Waals surface area (Å²) in [6.07, 6.45) is 2.68. The van der Waals surface area contributed by atoms with Crippen LogP contribution in [0.25, 0.3) is 0 Å². The molecule has 1 atom stereocenters. The van der Waals surface area contributed by atoms with E-state index in [0.29, 0.717) is 0 Å². The maximum Gasteiger partial charge on any atom is 0.410 e. The molecule has 0 saturated carbocycles. The van der Waals surface area contributed by atoms with Crippen LogP contribution < -0.4 is 5.32 Å². The van der Waals surface area contributed by atoms with Gasteiger partial charge in [0, 0.05) is 26.2 Å². The Labute approximate surface area is 122 Å². The molecule has 0 aliphatic carbocycles. The Morgan fingerprint density at radius 1 is 1.45 bits per heavy atom. The van der Waals surface area contributed by atoms with Crippen LogP contribution in [0.5, 0.6) is 0 Å². The minimum atomic E-state index is -0.440. The molecule has 1 amide bonds. The molecule has 20 heavy (non-hydrogen) atoms. The lowest BCUT2D eigenvalue weighted by molar-refractivity contribution is 0.00680. The summed E-state index contributed by atoms with van der Waals surface area (Å²) in [5.41, 5.74) is -0.352. The van der Waals surface area contributed by atoms with Crippen LogP contribution in [0.4, 0.5) is 4.79 Å². The van der Waals surface area contributed by atoms with Crippen LogP contribution in [0.3, 0.4) is 0 Å². The van der Waals surface area contributed by atoms with Gasteiger partial charge >= 0.3 is 6.09 Å². The van der Waals surface area contributed by atoms with Crippen molar-refractivity contribution in [1.82, 2.24) is 10.2 Å². The van der Waals surface area contributed by atoms with E-state index in [0.717, 1.165) is 45.4 Å². The van der Waals surface area contributed by atoms with E-state index in [2.05, 4.69) is 12.2 Å². The molecular weight excluding hydrogens is 256 g/mol. The smallest absolute Gasteiger partial charge is 0.410 e. The fourth-order valence-electron chi connectivity index (χ4n) is 2.54. The van der Waals surface area contributed by atoms with Gasteiger partial charge in [-0.3, -0.25) is 0 Å². The lowest BCUT2D eigenvalue weighted by Crippen LogP contribution is -2.50. The van der Waals surface area contributed by atoms with Gasteiger partial charge in [0.2, 0.25) is 0 Å². The van der Waals surface area contributed by atoms with Gasteiger partial charge in [0.25, 0.3) is 0 Å². The molecule has 0 spiro atoms. The van der Waals surface area contributed by atoms with Gasteiger partial charge in [0.05, 0.1) is 0 Å². The molecule has 0 aromatic heterocycles. The average Bonchev–Trinajstić information content (AvgIpc) is 2.33. The number of hydrogen-bond donors (Lipinski definition) is 2. The number of ether oxygens (including phenoxy) is 1. The summed E-state index contributed by atoms with van der Waals surface area (Å²) < 4.78 is 5.45. The number of likely N-dealkylation sites (tertiary alicyclic amines) is 1. The second-order valence-electron chi connectivity index (χ2n) is 7.07. The van der Waals surface area contributed by atoms with E-state index in [-0.39, 0.29) is 18.1 Å². The fraction of sp³-hybridized carbons (Fsp3) is 0.933. The number of nitrogens with zero attached hydrogens (tertiary/aromatic N) is 1. The first-order chi connectivity index (χ1) is 9.26. The van der Waals surface area contributed by atoms with Crippen LogP contribution in [0.15, 0.2) is 0 Å². The highest BCUT2D eigenvalue weighted by Crippen LogP contribution is 2.29. The third kappa shape index (κ3) is 6.09. The molecule has 1 fully saturated rings. The summed E-state index contributed by atoms with van der Waals surface area (Å²) in [7, 11) is 0. The topological polar surface area (TPSA) is 61.8 Å². The van der Waals surface area contributed by atoms with Gasteiger partial charge < -0.3 is 20.1 Å². The number of nitrogens with one attached hydrogen (secondary N) is 1. The van der Waals surface area contributed by atoms with Gasteiger partial charge in [0.1, 0.15) is 5.60 Å². The lowest BCUT2D eigenvalue weighted by atomic mass is 9.82. The van der Waals surface area contributed by atoms with E-state index >= 15 is 0 Å². The summed E-state index contributed by atoms with van der Waals surface area (Å²) in [4.78, 5) is 13.9. The third-order valence-corrected chi connectivity index (χ3v) is 3.50. The van der Waals surface area contributed by atoms with E-state index in [1.807, 2.05) is 25.7 Å². The molecule has 5 nitrogen and oxygen atoms in total. The zero-order valence-corrected chi connectivity index (χ0v) is 13.4. The summed E-state index contributed by atoms with van der Waals surface area (Å²) in [6.45, 7) is 11.3. The first-order valence-electron chi connectivity index (χ1n) is 7.55. The monoisotopic (exact) mass is 286 g/mol. The van der Waals surface area contributed by atoms with E-state index in [4.69, 9.17) is 9.84 Å². The van der Waals surface area contributed by atoms with Crippen LogP contribution in [-0.4, -0.2) is 54.5 Å². The molecule has 1 heterocycles. The van der Waals surface area contributed by atoms with Crippen LogP contribution in [0.2, 0.25) is 0 Å². The van der Waals surface area contributed by atoms with Crippen molar-refractivity contribution in [2.24, 2.45) is 5.41 Å². The average molecular weight is 286 g/mol. The number of aliphatic hydroxyl groups excluding tert-OH is 1. The highest BCUT2D eigenvalue weighted by molar-refractivity contribution is 5.68. The van der Waals surface area contributed by atoms with Crippen molar-refractivity contribution in [2.45, 2.75) is 52.6 Å². The van der Waals surface area contributed by atoms with Gasteiger partial charge in [-0.05, 0) is 52.0 Å². The third-order valence-electron chi connectivity index (χ3n) is 3.50. The Morgan fingerprint density at radius 3 is 2.75 bits per heavy atom. The highest BCUT2D eigenvalue weighted by Gasteiger charge is 2.34. The second-order valence-corrected chi connectivity index (χ2v) is 7.07. The van der Waals surface area contributed by atoms with E-state index < -0.39 is 5.60 Å². The van der Waals surface area contributed by atoms with Gasteiger partial charge in [-0.15, -0.1) is 0 Å². The van der Waals surface area contributed by atoms with E-state index in [1.54, 1.807) is 0 Å². The molecule has 2 N–H and O–H groups in total. The Morgan fingerprint density at radius 2 is 2.15 bits per heavy atom. The highest BCUT2D eigenvalue weighted by atomic mass is 16.6. The number of amides is 1. The molecule has 0 aromatic rings. The first kappa shape index (κ1) is 17.2. The molecule has 1 rings (SSSR count). The lowest BCUT2D eigenvalue weighted by Gasteiger charge is -2.41. The number of carbonyl (C=O) groups is 1. The standard InChI is InChI=1S/C15H30N2O3/c1-14(2,3)20-13(19)17-9-5-7-15(4,12-17)11-16-8-6-10-18/h16,18H,5-12H2,1-4H3/t15-/m1/s1. The second kappa shape index (κ2) is 7.27. The Kier molecular flexibility index (Phi) is 6.27. The van der Waals surface area contributed by atoms with Crippen LogP contribution in [-0.2, 0) is 4.74 Å². The molecule has 0 aromatic carbocycles. The largest absolute Gasteiger partial charge is 0.444 e. The minimum absolute atomic E-state index is 0.0879. The van der Waals surface area contributed by atoms with Crippen molar-refractivity contribution in [3.8, 4) is 0 Å². The Balaban J connectivity index is 2.46. The predicted octanol–water partition coefficient (Wildman–Crippen LogP) is 2.00. The summed E-state index contributed by atoms with van der Waals surface area (Å²) in [5.74, 6) is 0. The fourth-order valence-corrected chi connectivity index (χ4v) is 2.54. The Hall–Kier alpha value is -0.810. The molecule has 1 aliphatic heterocycles. The van der Waals surface area contributed by atoms with Crippen molar-refractivity contribution in [2.75, 3.05) is 32.8 Å². The van der Waals surface area contributed by atoms with Gasteiger partial charge in [0.15, 0.2) is 0 Å². The minimum Gasteiger partial charge on any atom is -0.444 e. The van der Waals surface area contributed by atoms with Gasteiger partial charge in [-0.1, -0.05) is 6.92 Å². The summed E-state index contributed by atoms with van der Waals surface area (Å²) >= 11 is 0. The molecule has 0 radical (unpaired) electrons. The zero-order valence-electron chi connectivity index (χ0n) is 13.4. The number of aliphatic hydroxyl groups is 1. The van der Waals surface area contributed by atoms with Crippen molar-refractivity contribution < 1.29 is 14.6 Å². The molecule has 1 aliphatic rings. The molecule has 0 bridgehead atoms. The molecule has 5 heteroatoms. The maximum absolute atomic E-state index is 12.1. The first-order valence-corrected chi connectivity index (χ1v) is 7.55. The van der Waals surface area contributed by atoms with Gasteiger partial charge in [-0.2, -0.15) is 0 Å². The summed E-state index contributed by atoms with van der Waals surface area (Å²) in [5, 5.41) is 12.1. The van der Waals surface area contributed by atoms with Crippen LogP contribution in [0, 0.1) is 5.41 Å². The van der Waals surface area contributed by atoms with E-state index in [1.165, 1.54) is 0 Å². The predicted molar refractivity (Wildman–Crippen MR) is 79.7 cm³/mol. The normalized spacial score (nSPS) is 23.8. The van der Waals surface area contributed by atoms with Crippen molar-refractivity contribution >= 4 is 6.09 Å². The molecule has 1 saturated heterocycles. The van der Waals surface area contributed by atoms with Crippen molar-refractivity contribution in [1.29, 1.82) is 0 Å². The zero-order chi connectivity index (χ0) is 15.2. The Bertz CT molecular complexity index is 315. The number of carbonyl (C=O) groups excluding carboxylic acids is 1. The summed E-state index contributed by atoms with van der Waals surface area (Å²) in [6, 6.07) is 0. The molecule has 118 valence electrons. The SMILES string of the molecule is CC(C)(C)OC(=O)N1CCC[C@](C)(CNCCCO)C1. The molecular formula is C15H30N2O3. The number of hydrogen-bond acceptors (Lipinski definition) is 4. The maximum atomic E-state index is 12.1. The number of piperidine rings is 1. The molecule has 0 unspecified atom stereocenters. The van der Waals surface area contributed by atoms with Crippen LogP contribution in [0.1, 0.15) is 47.0 Å². The van der Waals surface area contributed by atoms with E-state index in [9.17, 15) is 4.79 Å².